The molecule has 1 unspecified atom stereocenters. The van der Waals surface area contributed by atoms with E-state index in [1.165, 1.54) is 0 Å². The molecule has 1 aromatic heterocycles. The summed E-state index contributed by atoms with van der Waals surface area (Å²) in [5, 5.41) is 7.34. The van der Waals surface area contributed by atoms with E-state index >= 15 is 0 Å². The number of benzene rings is 1. The Hall–Kier alpha value is -2.17. The first kappa shape index (κ1) is 12.6. The number of hydrogen-bond donors (Lipinski definition) is 2. The van der Waals surface area contributed by atoms with Crippen molar-refractivity contribution in [2.45, 2.75) is 26.2 Å². The number of fused-ring (bicyclic) bond motifs is 1. The lowest BCUT2D eigenvalue weighted by atomic mass is 9.99. The summed E-state index contributed by atoms with van der Waals surface area (Å²) in [6.45, 7) is 5.71. The van der Waals surface area contributed by atoms with Gasteiger partial charge in [-0.1, -0.05) is 19.9 Å². The zero-order chi connectivity index (χ0) is 14.6. The van der Waals surface area contributed by atoms with Gasteiger partial charge < -0.3 is 15.2 Å². The molecule has 3 N–H and O–H groups in total. The van der Waals surface area contributed by atoms with E-state index in [9.17, 15) is 0 Å². The number of nitrogens with one attached hydrogen (secondary N) is 1. The van der Waals surface area contributed by atoms with Gasteiger partial charge in [0.15, 0.2) is 17.3 Å². The lowest BCUT2D eigenvalue weighted by Gasteiger charge is -2.19. The van der Waals surface area contributed by atoms with Crippen molar-refractivity contribution in [1.82, 2.24) is 10.2 Å². The lowest BCUT2D eigenvalue weighted by Crippen LogP contribution is -2.15. The van der Waals surface area contributed by atoms with E-state index < -0.39 is 0 Å². The molecule has 110 valence electrons. The predicted octanol–water partition coefficient (Wildman–Crippen LogP) is 2.94. The van der Waals surface area contributed by atoms with Crippen LogP contribution in [0.15, 0.2) is 18.2 Å². The molecule has 0 radical (unpaired) electrons. The van der Waals surface area contributed by atoms with Gasteiger partial charge in [0.05, 0.1) is 0 Å². The molecule has 5 heteroatoms. The highest BCUT2D eigenvalue weighted by Crippen LogP contribution is 2.60. The first-order chi connectivity index (χ1) is 10.1. The van der Waals surface area contributed by atoms with Crippen molar-refractivity contribution >= 4 is 5.82 Å². The van der Waals surface area contributed by atoms with Crippen molar-refractivity contribution in [3.63, 3.8) is 0 Å². The van der Waals surface area contributed by atoms with Crippen molar-refractivity contribution in [2.75, 3.05) is 18.9 Å². The Labute approximate surface area is 123 Å². The first-order valence-corrected chi connectivity index (χ1v) is 7.30. The summed E-state index contributed by atoms with van der Waals surface area (Å²) in [7, 11) is 0. The van der Waals surface area contributed by atoms with Crippen molar-refractivity contribution in [3.05, 3.63) is 23.9 Å². The molecule has 1 saturated carbocycles. The fourth-order valence-electron chi connectivity index (χ4n) is 3.08. The number of anilines is 1. The van der Waals surface area contributed by atoms with Crippen LogP contribution in [0.2, 0.25) is 0 Å². The third kappa shape index (κ3) is 1.95. The summed E-state index contributed by atoms with van der Waals surface area (Å²) >= 11 is 0. The summed E-state index contributed by atoms with van der Waals surface area (Å²) in [5.74, 6) is 2.61. The molecule has 0 spiro atoms. The van der Waals surface area contributed by atoms with Crippen LogP contribution >= 0.6 is 0 Å². The average Bonchev–Trinajstić information content (AvgIpc) is 2.93. The first-order valence-electron chi connectivity index (χ1n) is 7.30. The van der Waals surface area contributed by atoms with E-state index in [0.29, 0.717) is 30.4 Å². The number of H-pyrrole nitrogens is 1. The molecule has 0 amide bonds. The maximum atomic E-state index is 6.09. The number of ether oxygens (including phenoxy) is 2. The molecule has 1 atom stereocenters. The Morgan fingerprint density at radius 2 is 1.95 bits per heavy atom. The van der Waals surface area contributed by atoms with Crippen LogP contribution in [0.4, 0.5) is 5.82 Å². The molecule has 21 heavy (non-hydrogen) atoms. The van der Waals surface area contributed by atoms with Gasteiger partial charge in [0, 0.05) is 17.2 Å². The normalized spacial score (nSPS) is 22.1. The van der Waals surface area contributed by atoms with Gasteiger partial charge in [-0.15, -0.1) is 0 Å². The van der Waals surface area contributed by atoms with Gasteiger partial charge in [0.2, 0.25) is 0 Å². The molecule has 0 bridgehead atoms. The number of aromatic nitrogens is 2. The molecular formula is C16H19N3O2. The van der Waals surface area contributed by atoms with Crippen LogP contribution in [-0.4, -0.2) is 23.4 Å². The largest absolute Gasteiger partial charge is 0.486 e. The van der Waals surface area contributed by atoms with Gasteiger partial charge in [0.1, 0.15) is 13.2 Å². The van der Waals surface area contributed by atoms with Crippen LogP contribution in [0.25, 0.3) is 11.1 Å². The number of nitrogen functional groups attached to an aromatic ring is 1. The number of nitrogens with zero attached hydrogens (tertiary/aromatic N) is 1. The summed E-state index contributed by atoms with van der Waals surface area (Å²) in [5.41, 5.74) is 9.58. The molecule has 1 aliphatic heterocycles. The molecule has 1 fully saturated rings. The minimum Gasteiger partial charge on any atom is -0.486 e. The lowest BCUT2D eigenvalue weighted by molar-refractivity contribution is 0.171. The molecule has 0 saturated heterocycles. The summed E-state index contributed by atoms with van der Waals surface area (Å²) in [4.78, 5) is 0. The average molecular weight is 285 g/mol. The van der Waals surface area contributed by atoms with Gasteiger partial charge in [-0.05, 0) is 29.5 Å². The van der Waals surface area contributed by atoms with Crippen molar-refractivity contribution in [2.24, 2.45) is 5.41 Å². The second kappa shape index (κ2) is 4.16. The molecular weight excluding hydrogens is 266 g/mol. The van der Waals surface area contributed by atoms with Gasteiger partial charge in [-0.3, -0.25) is 5.10 Å². The van der Waals surface area contributed by atoms with Crippen LogP contribution in [0.5, 0.6) is 11.5 Å². The molecule has 2 heterocycles. The van der Waals surface area contributed by atoms with Crippen LogP contribution < -0.4 is 15.2 Å². The molecule has 2 aromatic rings. The number of aromatic amines is 1. The van der Waals surface area contributed by atoms with Crippen molar-refractivity contribution in [3.8, 4) is 22.6 Å². The summed E-state index contributed by atoms with van der Waals surface area (Å²) in [6, 6.07) is 5.96. The van der Waals surface area contributed by atoms with Crippen molar-refractivity contribution < 1.29 is 9.47 Å². The zero-order valence-corrected chi connectivity index (χ0v) is 12.3. The highest BCUT2D eigenvalue weighted by molar-refractivity contribution is 5.79. The third-order valence-electron chi connectivity index (χ3n) is 4.52. The van der Waals surface area contributed by atoms with E-state index in [1.807, 2.05) is 18.2 Å². The Bertz CT molecular complexity index is 706. The van der Waals surface area contributed by atoms with Crippen LogP contribution in [0.3, 0.4) is 0 Å². The number of hydrogen-bond acceptors (Lipinski definition) is 4. The molecule has 4 rings (SSSR count). The predicted molar refractivity (Wildman–Crippen MR) is 80.6 cm³/mol. The Morgan fingerprint density at radius 1 is 1.24 bits per heavy atom. The molecule has 2 aliphatic rings. The summed E-state index contributed by atoms with van der Waals surface area (Å²) < 4.78 is 11.2. The smallest absolute Gasteiger partial charge is 0.161 e. The minimum absolute atomic E-state index is 0.321. The Balaban J connectivity index is 1.78. The van der Waals surface area contributed by atoms with E-state index in [2.05, 4.69) is 24.0 Å². The van der Waals surface area contributed by atoms with Crippen LogP contribution in [-0.2, 0) is 0 Å². The molecule has 1 aromatic carbocycles. The van der Waals surface area contributed by atoms with Crippen LogP contribution in [0, 0.1) is 5.41 Å². The fourth-order valence-corrected chi connectivity index (χ4v) is 3.08. The maximum absolute atomic E-state index is 6.09. The second-order valence-corrected chi connectivity index (χ2v) is 6.50. The van der Waals surface area contributed by atoms with Crippen molar-refractivity contribution in [1.29, 1.82) is 0 Å². The number of nitrogens with two attached hydrogens (primary N) is 1. The van der Waals surface area contributed by atoms with E-state index in [0.717, 1.165) is 34.7 Å². The van der Waals surface area contributed by atoms with Gasteiger partial charge in [-0.25, -0.2) is 0 Å². The topological polar surface area (TPSA) is 73.2 Å². The number of rotatable bonds is 2. The minimum atomic E-state index is 0.321. The SMILES string of the molecule is CC1(C)CC1c1[nH]nc(N)c1-c1ccc2c(c1)OCCO2. The Morgan fingerprint density at radius 3 is 2.67 bits per heavy atom. The maximum Gasteiger partial charge on any atom is 0.161 e. The molecule has 1 aliphatic carbocycles. The van der Waals surface area contributed by atoms with E-state index in [-0.39, 0.29) is 0 Å². The molecule has 5 nitrogen and oxygen atoms in total. The second-order valence-electron chi connectivity index (χ2n) is 6.50. The Kier molecular flexibility index (Phi) is 2.49. The van der Waals surface area contributed by atoms with Gasteiger partial charge in [-0.2, -0.15) is 5.10 Å². The van der Waals surface area contributed by atoms with Crippen LogP contribution in [0.1, 0.15) is 31.9 Å². The standard InChI is InChI=1S/C16H19N3O2/c1-16(2)8-10(16)14-13(15(17)19-18-14)9-3-4-11-12(7-9)21-6-5-20-11/h3-4,7,10H,5-6,8H2,1-2H3,(H3,17,18,19). The summed E-state index contributed by atoms with van der Waals surface area (Å²) in [6.07, 6.45) is 1.16. The fraction of sp³-hybridized carbons (Fsp3) is 0.438. The highest BCUT2D eigenvalue weighted by atomic mass is 16.6. The third-order valence-corrected chi connectivity index (χ3v) is 4.52. The monoisotopic (exact) mass is 285 g/mol. The highest BCUT2D eigenvalue weighted by Gasteiger charge is 2.49. The quantitative estimate of drug-likeness (QED) is 0.889. The van der Waals surface area contributed by atoms with Gasteiger partial charge >= 0.3 is 0 Å². The van der Waals surface area contributed by atoms with Gasteiger partial charge in [0.25, 0.3) is 0 Å². The van der Waals surface area contributed by atoms with E-state index in [4.69, 9.17) is 15.2 Å². The van der Waals surface area contributed by atoms with E-state index in [1.54, 1.807) is 0 Å². The zero-order valence-electron chi connectivity index (χ0n) is 12.3.